The van der Waals surface area contributed by atoms with Crippen LogP contribution in [0.4, 0.5) is 0 Å². The molecule has 1 unspecified atom stereocenters. The standard InChI is InChI=1S/C13H21NO5/c1-3-19-13(18)9-4-6-10(7-5-9)14-11(15)8(2)12(16)17/h8-10H,3-7H2,1-2H3,(H,14,15)(H,16,17). The maximum Gasteiger partial charge on any atom is 0.315 e. The second-order valence-electron chi connectivity index (χ2n) is 4.87. The van der Waals surface area contributed by atoms with E-state index in [1.165, 1.54) is 6.92 Å². The van der Waals surface area contributed by atoms with Gasteiger partial charge in [0.1, 0.15) is 5.92 Å². The second-order valence-corrected chi connectivity index (χ2v) is 4.87. The third-order valence-electron chi connectivity index (χ3n) is 3.46. The molecule has 1 saturated carbocycles. The van der Waals surface area contributed by atoms with Gasteiger partial charge in [-0.1, -0.05) is 0 Å². The number of hydrogen-bond donors (Lipinski definition) is 2. The van der Waals surface area contributed by atoms with Crippen LogP contribution in [0.25, 0.3) is 0 Å². The van der Waals surface area contributed by atoms with E-state index in [1.807, 2.05) is 0 Å². The molecular formula is C13H21NO5. The Morgan fingerprint density at radius 2 is 1.84 bits per heavy atom. The van der Waals surface area contributed by atoms with Crippen LogP contribution >= 0.6 is 0 Å². The third-order valence-corrected chi connectivity index (χ3v) is 3.46. The molecule has 0 saturated heterocycles. The molecule has 0 aromatic heterocycles. The molecule has 1 aliphatic rings. The number of esters is 1. The van der Waals surface area contributed by atoms with Gasteiger partial charge in [-0.05, 0) is 39.5 Å². The number of carbonyl (C=O) groups is 3. The summed E-state index contributed by atoms with van der Waals surface area (Å²) >= 11 is 0. The van der Waals surface area contributed by atoms with Crippen LogP contribution in [0.15, 0.2) is 0 Å². The van der Waals surface area contributed by atoms with Gasteiger partial charge in [0.05, 0.1) is 12.5 Å². The zero-order valence-corrected chi connectivity index (χ0v) is 11.3. The summed E-state index contributed by atoms with van der Waals surface area (Å²) in [5, 5.41) is 11.5. The number of rotatable bonds is 5. The van der Waals surface area contributed by atoms with E-state index in [1.54, 1.807) is 6.92 Å². The lowest BCUT2D eigenvalue weighted by molar-refractivity contribution is -0.149. The van der Waals surface area contributed by atoms with Crippen molar-refractivity contribution in [3.8, 4) is 0 Å². The minimum Gasteiger partial charge on any atom is -0.481 e. The van der Waals surface area contributed by atoms with Crippen molar-refractivity contribution in [2.45, 2.75) is 45.6 Å². The summed E-state index contributed by atoms with van der Waals surface area (Å²) in [6.45, 7) is 3.52. The topological polar surface area (TPSA) is 92.7 Å². The monoisotopic (exact) mass is 271 g/mol. The van der Waals surface area contributed by atoms with Crippen LogP contribution in [0.5, 0.6) is 0 Å². The number of amides is 1. The van der Waals surface area contributed by atoms with Gasteiger partial charge in [-0.2, -0.15) is 0 Å². The largest absolute Gasteiger partial charge is 0.481 e. The zero-order chi connectivity index (χ0) is 14.4. The number of aliphatic carboxylic acids is 1. The van der Waals surface area contributed by atoms with Crippen molar-refractivity contribution in [1.82, 2.24) is 5.32 Å². The fraction of sp³-hybridized carbons (Fsp3) is 0.769. The van der Waals surface area contributed by atoms with E-state index in [4.69, 9.17) is 9.84 Å². The smallest absolute Gasteiger partial charge is 0.315 e. The van der Waals surface area contributed by atoms with Crippen LogP contribution in [0.2, 0.25) is 0 Å². The fourth-order valence-electron chi connectivity index (χ4n) is 2.17. The van der Waals surface area contributed by atoms with Crippen LogP contribution in [0.3, 0.4) is 0 Å². The fourth-order valence-corrected chi connectivity index (χ4v) is 2.17. The average Bonchev–Trinajstić information content (AvgIpc) is 2.38. The molecule has 0 aromatic carbocycles. The number of carboxylic acid groups (broad SMARTS) is 1. The highest BCUT2D eigenvalue weighted by Crippen LogP contribution is 2.25. The van der Waals surface area contributed by atoms with Crippen molar-refractivity contribution in [3.05, 3.63) is 0 Å². The van der Waals surface area contributed by atoms with Gasteiger partial charge >= 0.3 is 11.9 Å². The normalized spacial score (nSPS) is 24.3. The molecule has 2 N–H and O–H groups in total. The molecule has 0 heterocycles. The lowest BCUT2D eigenvalue weighted by Crippen LogP contribution is -2.43. The van der Waals surface area contributed by atoms with Crippen molar-refractivity contribution < 1.29 is 24.2 Å². The second kappa shape index (κ2) is 7.11. The molecule has 108 valence electrons. The molecule has 1 aliphatic carbocycles. The molecule has 6 heteroatoms. The Bertz CT molecular complexity index is 347. The van der Waals surface area contributed by atoms with Gasteiger partial charge in [0.15, 0.2) is 0 Å². The summed E-state index contributed by atoms with van der Waals surface area (Å²) in [6, 6.07) is -0.0417. The lowest BCUT2D eigenvalue weighted by Gasteiger charge is -2.28. The van der Waals surface area contributed by atoms with Crippen molar-refractivity contribution in [3.63, 3.8) is 0 Å². The Balaban J connectivity index is 2.36. The van der Waals surface area contributed by atoms with Gasteiger partial charge in [0.25, 0.3) is 0 Å². The number of hydrogen-bond acceptors (Lipinski definition) is 4. The van der Waals surface area contributed by atoms with Crippen LogP contribution in [-0.2, 0) is 19.1 Å². The number of nitrogens with one attached hydrogen (secondary N) is 1. The quantitative estimate of drug-likeness (QED) is 0.573. The molecule has 0 spiro atoms. The molecule has 0 radical (unpaired) electrons. The molecule has 6 nitrogen and oxygen atoms in total. The van der Waals surface area contributed by atoms with Crippen LogP contribution in [0, 0.1) is 11.8 Å². The van der Waals surface area contributed by atoms with E-state index in [9.17, 15) is 14.4 Å². The van der Waals surface area contributed by atoms with Crippen LogP contribution in [-0.4, -0.2) is 35.6 Å². The summed E-state index contributed by atoms with van der Waals surface area (Å²) in [6.07, 6.45) is 2.71. The Hall–Kier alpha value is -1.59. The van der Waals surface area contributed by atoms with Crippen LogP contribution in [0.1, 0.15) is 39.5 Å². The third kappa shape index (κ3) is 4.54. The number of ether oxygens (including phenoxy) is 1. The molecule has 19 heavy (non-hydrogen) atoms. The van der Waals surface area contributed by atoms with E-state index < -0.39 is 17.8 Å². The molecule has 0 bridgehead atoms. The summed E-state index contributed by atoms with van der Waals surface area (Å²) in [7, 11) is 0. The Kier molecular flexibility index (Phi) is 5.79. The molecule has 1 fully saturated rings. The van der Waals surface area contributed by atoms with Gasteiger partial charge in [-0.25, -0.2) is 0 Å². The van der Waals surface area contributed by atoms with E-state index in [2.05, 4.69) is 5.32 Å². The molecule has 1 atom stereocenters. The zero-order valence-electron chi connectivity index (χ0n) is 11.3. The van der Waals surface area contributed by atoms with Crippen molar-refractivity contribution in [2.24, 2.45) is 11.8 Å². The predicted molar refractivity (Wildman–Crippen MR) is 67.3 cm³/mol. The lowest BCUT2D eigenvalue weighted by atomic mass is 9.86. The first kappa shape index (κ1) is 15.5. The van der Waals surface area contributed by atoms with Crippen molar-refractivity contribution in [2.75, 3.05) is 6.61 Å². The highest BCUT2D eigenvalue weighted by atomic mass is 16.5. The highest BCUT2D eigenvalue weighted by Gasteiger charge is 2.29. The summed E-state index contributed by atoms with van der Waals surface area (Å²) in [5.41, 5.74) is 0. The van der Waals surface area contributed by atoms with Crippen molar-refractivity contribution in [1.29, 1.82) is 0 Å². The maximum atomic E-state index is 11.6. The Labute approximate surface area is 112 Å². The summed E-state index contributed by atoms with van der Waals surface area (Å²) in [4.78, 5) is 33.8. The SMILES string of the molecule is CCOC(=O)C1CCC(NC(=O)C(C)C(=O)O)CC1. The number of carboxylic acids is 1. The Morgan fingerprint density at radius 3 is 2.32 bits per heavy atom. The maximum absolute atomic E-state index is 11.6. The predicted octanol–water partition coefficient (Wildman–Crippen LogP) is 0.945. The average molecular weight is 271 g/mol. The highest BCUT2D eigenvalue weighted by molar-refractivity contribution is 5.96. The molecule has 1 amide bonds. The number of carbonyl (C=O) groups excluding carboxylic acids is 2. The minimum atomic E-state index is -1.13. The van der Waals surface area contributed by atoms with E-state index >= 15 is 0 Å². The first-order chi connectivity index (χ1) is 8.95. The Morgan fingerprint density at radius 1 is 1.26 bits per heavy atom. The summed E-state index contributed by atoms with van der Waals surface area (Å²) < 4.78 is 4.96. The molecule has 0 aliphatic heterocycles. The molecule has 1 rings (SSSR count). The molecular weight excluding hydrogens is 250 g/mol. The van der Waals surface area contributed by atoms with Gasteiger partial charge in [0.2, 0.25) is 5.91 Å². The van der Waals surface area contributed by atoms with Gasteiger partial charge in [-0.3, -0.25) is 14.4 Å². The first-order valence-corrected chi connectivity index (χ1v) is 6.65. The summed E-state index contributed by atoms with van der Waals surface area (Å²) in [5.74, 6) is -2.90. The molecule has 0 aromatic rings. The van der Waals surface area contributed by atoms with Gasteiger partial charge in [-0.15, -0.1) is 0 Å². The van der Waals surface area contributed by atoms with Crippen molar-refractivity contribution >= 4 is 17.8 Å². The van der Waals surface area contributed by atoms with Crippen LogP contribution < -0.4 is 5.32 Å². The minimum absolute atomic E-state index is 0.0417. The van der Waals surface area contributed by atoms with Gasteiger partial charge in [0, 0.05) is 6.04 Å². The van der Waals surface area contributed by atoms with Gasteiger partial charge < -0.3 is 15.2 Å². The van der Waals surface area contributed by atoms with E-state index in [0.29, 0.717) is 32.3 Å². The van der Waals surface area contributed by atoms with E-state index in [-0.39, 0.29) is 17.9 Å². The van der Waals surface area contributed by atoms with E-state index in [0.717, 1.165) is 0 Å². The first-order valence-electron chi connectivity index (χ1n) is 6.65.